The number of hydrogen-bond acceptors (Lipinski definition) is 12. The normalized spacial score (nSPS) is 23.9. The summed E-state index contributed by atoms with van der Waals surface area (Å²) in [5.74, 6) is -0.399. The summed E-state index contributed by atoms with van der Waals surface area (Å²) in [5, 5.41) is 0. The van der Waals surface area contributed by atoms with Gasteiger partial charge in [-0.3, -0.25) is 9.00 Å². The van der Waals surface area contributed by atoms with Crippen LogP contribution in [0.5, 0.6) is 0 Å². The first-order chi connectivity index (χ1) is 37.5. The minimum atomic E-state index is -1.78. The third kappa shape index (κ3) is 15.5. The van der Waals surface area contributed by atoms with Crippen LogP contribution in [0, 0.1) is 0 Å². The Morgan fingerprint density at radius 3 is 1.08 bits per heavy atom. The summed E-state index contributed by atoms with van der Waals surface area (Å²) in [6.07, 6.45) is -7.95. The summed E-state index contributed by atoms with van der Waals surface area (Å²) in [6, 6.07) is 68.3. The molecule has 7 aromatic rings. The fourth-order valence-corrected chi connectivity index (χ4v) is 10.6. The molecule has 5 unspecified atom stereocenters. The van der Waals surface area contributed by atoms with Crippen molar-refractivity contribution in [3.05, 3.63) is 246 Å². The summed E-state index contributed by atoms with van der Waals surface area (Å²) in [5.41, 5.74) is 4.50. The SMILES string of the molecule is CCC(=O)OCC1O[C@@H](OCC2O[C@@H](S(=O)c3ccccc3)C(OCc3ccccc3)[C@H](OCc3ccccc3)[C@H]2OCc2ccccc2)C(OCc2ccccc2)[C@H](OCc2ccccc2)[C@H]1OCc1ccccc1. The van der Waals surface area contributed by atoms with E-state index in [0.29, 0.717) is 4.90 Å². The lowest BCUT2D eigenvalue weighted by atomic mass is 9.97. The van der Waals surface area contributed by atoms with Gasteiger partial charge in [-0.1, -0.05) is 207 Å². The average Bonchev–Trinajstić information content (AvgIpc) is 3.48. The second-order valence-electron chi connectivity index (χ2n) is 18.6. The van der Waals surface area contributed by atoms with Gasteiger partial charge in [0.05, 0.1) is 57.0 Å². The molecule has 0 radical (unpaired) electrons. The Balaban J connectivity index is 1.10. The molecule has 2 aliphatic rings. The van der Waals surface area contributed by atoms with Crippen LogP contribution in [-0.2, 0) is 103 Å². The molecule has 2 aliphatic heterocycles. The predicted molar refractivity (Wildman–Crippen MR) is 287 cm³/mol. The molecule has 11 atom stereocenters. The molecule has 0 saturated carbocycles. The molecule has 13 heteroatoms. The Morgan fingerprint density at radius 1 is 0.382 bits per heavy atom. The van der Waals surface area contributed by atoms with Crippen molar-refractivity contribution in [3.63, 3.8) is 0 Å². The van der Waals surface area contributed by atoms with E-state index >= 15 is 4.21 Å². The second-order valence-corrected chi connectivity index (χ2v) is 20.2. The van der Waals surface area contributed by atoms with Crippen LogP contribution < -0.4 is 0 Å². The second kappa shape index (κ2) is 28.8. The molecule has 0 aliphatic carbocycles. The number of hydrogen-bond donors (Lipinski definition) is 0. The van der Waals surface area contributed by atoms with Gasteiger partial charge in [0.2, 0.25) is 0 Å². The number of carbonyl (C=O) groups is 1. The molecule has 0 N–H and O–H groups in total. The van der Waals surface area contributed by atoms with Crippen molar-refractivity contribution in [3.8, 4) is 0 Å². The molecule has 2 heterocycles. The maximum atomic E-state index is 15.1. The van der Waals surface area contributed by atoms with Crippen molar-refractivity contribution in [2.24, 2.45) is 0 Å². The highest BCUT2D eigenvalue weighted by atomic mass is 32.2. The highest BCUT2D eigenvalue weighted by molar-refractivity contribution is 7.85. The van der Waals surface area contributed by atoms with E-state index in [9.17, 15) is 4.79 Å². The van der Waals surface area contributed by atoms with Crippen LogP contribution in [0.2, 0.25) is 0 Å². The van der Waals surface area contributed by atoms with Crippen molar-refractivity contribution in [1.82, 2.24) is 0 Å². The Morgan fingerprint density at radius 2 is 0.697 bits per heavy atom. The lowest BCUT2D eigenvalue weighted by Crippen LogP contribution is -2.64. The lowest BCUT2D eigenvalue weighted by Gasteiger charge is -2.48. The first-order valence-corrected chi connectivity index (χ1v) is 27.2. The molecule has 0 amide bonds. The fourth-order valence-electron chi connectivity index (χ4n) is 9.22. The highest BCUT2D eigenvalue weighted by Crippen LogP contribution is 2.36. The number of esters is 1. The van der Waals surface area contributed by atoms with Crippen LogP contribution in [0.25, 0.3) is 0 Å². The van der Waals surface area contributed by atoms with Crippen molar-refractivity contribution in [2.75, 3.05) is 13.2 Å². The Bertz CT molecular complexity index is 2760. The number of carbonyl (C=O) groups excluding carboxylic acids is 1. The molecule has 12 nitrogen and oxygen atoms in total. The maximum Gasteiger partial charge on any atom is 0.305 e. The topological polar surface area (TPSA) is 126 Å². The molecule has 0 aromatic heterocycles. The van der Waals surface area contributed by atoms with Crippen molar-refractivity contribution >= 4 is 16.8 Å². The lowest BCUT2D eigenvalue weighted by molar-refractivity contribution is -0.336. The maximum absolute atomic E-state index is 15.1. The molecule has 7 aromatic carbocycles. The molecule has 2 saturated heterocycles. The highest BCUT2D eigenvalue weighted by Gasteiger charge is 2.53. The first-order valence-electron chi connectivity index (χ1n) is 26.0. The van der Waals surface area contributed by atoms with Crippen molar-refractivity contribution < 1.29 is 56.4 Å². The van der Waals surface area contributed by atoms with Gasteiger partial charge in [0.25, 0.3) is 0 Å². The smallest absolute Gasteiger partial charge is 0.305 e. The van der Waals surface area contributed by atoms with E-state index in [0.717, 1.165) is 33.4 Å². The quantitative estimate of drug-likeness (QED) is 0.0479. The molecular formula is C63H66O12S. The minimum Gasteiger partial charge on any atom is -0.463 e. The van der Waals surface area contributed by atoms with Gasteiger partial charge in [0.15, 0.2) is 11.7 Å². The van der Waals surface area contributed by atoms with Crippen LogP contribution in [-0.4, -0.2) is 83.9 Å². The summed E-state index contributed by atoms with van der Waals surface area (Å²) in [7, 11) is -1.78. The summed E-state index contributed by atoms with van der Waals surface area (Å²) in [4.78, 5) is 13.5. The van der Waals surface area contributed by atoms with E-state index in [1.54, 1.807) is 6.92 Å². The van der Waals surface area contributed by atoms with E-state index < -0.39 is 77.3 Å². The fraction of sp³-hybridized carbons (Fsp3) is 0.317. The van der Waals surface area contributed by atoms with Crippen molar-refractivity contribution in [1.29, 1.82) is 0 Å². The van der Waals surface area contributed by atoms with Crippen molar-refractivity contribution in [2.45, 2.75) is 118 Å². The molecule has 396 valence electrons. The summed E-state index contributed by atoms with van der Waals surface area (Å²) < 4.78 is 83.7. The van der Waals surface area contributed by atoms with Gasteiger partial charge in [-0.15, -0.1) is 0 Å². The Hall–Kier alpha value is -6.20. The molecule has 9 rings (SSSR count). The summed E-state index contributed by atoms with van der Waals surface area (Å²) >= 11 is 0. The van der Waals surface area contributed by atoms with Gasteiger partial charge in [0.1, 0.15) is 55.4 Å². The van der Waals surface area contributed by atoms with Crippen LogP contribution in [0.1, 0.15) is 46.7 Å². The number of benzene rings is 7. The van der Waals surface area contributed by atoms with Gasteiger partial charge >= 0.3 is 5.97 Å². The standard InChI is InChI=1S/C63H66O12S/c1-2-55(64)66-44-53-56(67-38-46-24-10-3-11-25-46)58(69-40-48-28-14-5-15-29-48)60(71-42-50-32-18-7-19-33-50)62(74-53)73-45-54-57(68-39-47-26-12-4-13-27-47)59(70-41-49-30-16-6-17-31-49)61(72-43-51-34-20-8-21-35-51)63(75-54)76(65)52-36-22-9-23-37-52/h3-37,53-54,56-63H,2,38-45H2,1H3/t53?,54?,56-,57-,58+,59+,60?,61?,62+,63-,76?/m0/s1. The zero-order valence-electron chi connectivity index (χ0n) is 42.7. The average molecular weight is 1050 g/mol. The van der Waals surface area contributed by atoms with E-state index in [2.05, 4.69) is 0 Å². The van der Waals surface area contributed by atoms with Gasteiger partial charge in [-0.2, -0.15) is 0 Å². The van der Waals surface area contributed by atoms with E-state index in [4.69, 9.17) is 47.4 Å². The van der Waals surface area contributed by atoms with Crippen LogP contribution in [0.3, 0.4) is 0 Å². The first kappa shape index (κ1) is 54.6. The molecule has 0 spiro atoms. The Labute approximate surface area is 448 Å². The third-order valence-electron chi connectivity index (χ3n) is 13.2. The minimum absolute atomic E-state index is 0.153. The monoisotopic (exact) mass is 1050 g/mol. The third-order valence-corrected chi connectivity index (χ3v) is 14.7. The Kier molecular flexibility index (Phi) is 20.7. The van der Waals surface area contributed by atoms with Gasteiger partial charge in [-0.05, 0) is 45.5 Å². The largest absolute Gasteiger partial charge is 0.463 e. The van der Waals surface area contributed by atoms with Gasteiger partial charge in [-0.25, -0.2) is 0 Å². The van der Waals surface area contributed by atoms with Gasteiger partial charge < -0.3 is 47.4 Å². The van der Waals surface area contributed by atoms with Crippen LogP contribution in [0.15, 0.2) is 217 Å². The predicted octanol–water partition coefficient (Wildman–Crippen LogP) is 10.7. The van der Waals surface area contributed by atoms with Crippen LogP contribution >= 0.6 is 0 Å². The molecule has 2 fully saturated rings. The number of ether oxygens (including phenoxy) is 10. The molecule has 0 bridgehead atoms. The number of rotatable bonds is 26. The molecule has 76 heavy (non-hydrogen) atoms. The zero-order valence-corrected chi connectivity index (χ0v) is 43.5. The summed E-state index contributed by atoms with van der Waals surface area (Å²) in [6.45, 7) is 2.60. The van der Waals surface area contributed by atoms with E-state index in [1.807, 2.05) is 212 Å². The van der Waals surface area contributed by atoms with E-state index in [1.165, 1.54) is 0 Å². The zero-order chi connectivity index (χ0) is 52.2. The van der Waals surface area contributed by atoms with Gasteiger partial charge in [0, 0.05) is 11.3 Å². The molecular weight excluding hydrogens is 981 g/mol. The van der Waals surface area contributed by atoms with Crippen LogP contribution in [0.4, 0.5) is 0 Å². The van der Waals surface area contributed by atoms with E-state index in [-0.39, 0.29) is 59.3 Å².